The highest BCUT2D eigenvalue weighted by Crippen LogP contribution is 2.33. The quantitative estimate of drug-likeness (QED) is 0.744. The van der Waals surface area contributed by atoms with Crippen molar-refractivity contribution in [1.29, 1.82) is 0 Å². The summed E-state index contributed by atoms with van der Waals surface area (Å²) >= 11 is 0. The van der Waals surface area contributed by atoms with Gasteiger partial charge in [0.1, 0.15) is 11.5 Å². The van der Waals surface area contributed by atoms with Gasteiger partial charge in [0.05, 0.1) is 18.3 Å². The lowest BCUT2D eigenvalue weighted by atomic mass is 10.2. The molecule has 106 valence electrons. The predicted molar refractivity (Wildman–Crippen MR) is 79.2 cm³/mol. The third-order valence-corrected chi connectivity index (χ3v) is 3.09. The van der Waals surface area contributed by atoms with Crippen LogP contribution >= 0.6 is 0 Å². The molecule has 0 fully saturated rings. The van der Waals surface area contributed by atoms with Crippen molar-refractivity contribution in [2.45, 2.75) is 0 Å². The maximum absolute atomic E-state index is 13.9. The molecule has 0 bridgehead atoms. The fourth-order valence-corrected chi connectivity index (χ4v) is 2.04. The van der Waals surface area contributed by atoms with Crippen LogP contribution < -0.4 is 15.2 Å². The van der Waals surface area contributed by atoms with Gasteiger partial charge < -0.3 is 15.2 Å². The third kappa shape index (κ3) is 2.58. The Hall–Kier alpha value is -2.82. The van der Waals surface area contributed by atoms with E-state index in [-0.39, 0.29) is 11.4 Å². The number of aromatic nitrogens is 1. The van der Waals surface area contributed by atoms with E-state index >= 15 is 0 Å². The Kier molecular flexibility index (Phi) is 3.31. The van der Waals surface area contributed by atoms with Crippen LogP contribution in [0.25, 0.3) is 10.9 Å². The first-order valence-corrected chi connectivity index (χ1v) is 6.33. The topological polar surface area (TPSA) is 57.4 Å². The lowest BCUT2D eigenvalue weighted by molar-refractivity contribution is 0.403. The number of benzene rings is 2. The summed E-state index contributed by atoms with van der Waals surface area (Å²) in [6, 6.07) is 11.8. The fraction of sp³-hybridized carbons (Fsp3) is 0.0625. The van der Waals surface area contributed by atoms with E-state index in [2.05, 4.69) is 4.98 Å². The Morgan fingerprint density at radius 3 is 2.76 bits per heavy atom. The first kappa shape index (κ1) is 13.2. The zero-order valence-corrected chi connectivity index (χ0v) is 11.3. The van der Waals surface area contributed by atoms with Crippen LogP contribution in [-0.4, -0.2) is 12.1 Å². The molecule has 1 aromatic heterocycles. The van der Waals surface area contributed by atoms with Crippen molar-refractivity contribution in [3.05, 3.63) is 54.5 Å². The molecule has 3 rings (SSSR count). The summed E-state index contributed by atoms with van der Waals surface area (Å²) in [6.45, 7) is 0. The summed E-state index contributed by atoms with van der Waals surface area (Å²) in [5.41, 5.74) is 6.64. The second-order valence-corrected chi connectivity index (χ2v) is 4.48. The number of nitrogens with zero attached hydrogens (tertiary/aromatic N) is 1. The minimum Gasteiger partial charge on any atom is -0.494 e. The van der Waals surface area contributed by atoms with Crippen LogP contribution in [0.3, 0.4) is 0 Å². The zero-order chi connectivity index (χ0) is 14.8. The molecule has 5 heteroatoms. The molecule has 4 nitrogen and oxygen atoms in total. The molecule has 3 aromatic rings. The summed E-state index contributed by atoms with van der Waals surface area (Å²) in [6.07, 6.45) is 1.69. The number of halogens is 1. The Balaban J connectivity index is 1.98. The maximum Gasteiger partial charge on any atom is 0.168 e. The predicted octanol–water partition coefficient (Wildman–Crippen LogP) is 3.76. The van der Waals surface area contributed by atoms with E-state index in [4.69, 9.17) is 15.2 Å². The average Bonchev–Trinajstić information content (AvgIpc) is 2.50. The molecule has 0 aliphatic rings. The number of hydrogen-bond donors (Lipinski definition) is 1. The fourth-order valence-electron chi connectivity index (χ4n) is 2.04. The first-order valence-electron chi connectivity index (χ1n) is 6.33. The van der Waals surface area contributed by atoms with E-state index < -0.39 is 5.82 Å². The molecule has 0 aliphatic heterocycles. The standard InChI is InChI=1S/C16H13FN2O2/c1-20-16-9-15(12(17)8-13(16)18)21-11-5-4-10-3-2-6-19-14(10)7-11/h2-9H,18H2,1H3. The molecular formula is C16H13FN2O2. The summed E-state index contributed by atoms with van der Waals surface area (Å²) in [5.74, 6) is 0.364. The summed E-state index contributed by atoms with van der Waals surface area (Å²) in [4.78, 5) is 4.24. The Morgan fingerprint density at radius 1 is 1.10 bits per heavy atom. The Labute approximate surface area is 120 Å². The summed E-state index contributed by atoms with van der Waals surface area (Å²) in [7, 11) is 1.47. The van der Waals surface area contributed by atoms with Crippen LogP contribution in [0.2, 0.25) is 0 Å². The summed E-state index contributed by atoms with van der Waals surface area (Å²) < 4.78 is 24.5. The molecule has 21 heavy (non-hydrogen) atoms. The van der Waals surface area contributed by atoms with Crippen molar-refractivity contribution in [3.63, 3.8) is 0 Å². The smallest absolute Gasteiger partial charge is 0.168 e. The molecular weight excluding hydrogens is 271 g/mol. The maximum atomic E-state index is 13.9. The molecule has 0 radical (unpaired) electrons. The van der Waals surface area contributed by atoms with Gasteiger partial charge in [-0.25, -0.2) is 4.39 Å². The van der Waals surface area contributed by atoms with Crippen molar-refractivity contribution in [2.24, 2.45) is 0 Å². The molecule has 1 heterocycles. The van der Waals surface area contributed by atoms with Crippen molar-refractivity contribution in [1.82, 2.24) is 4.98 Å². The van der Waals surface area contributed by atoms with Gasteiger partial charge in [0.15, 0.2) is 11.6 Å². The number of methoxy groups -OCH3 is 1. The normalized spacial score (nSPS) is 10.6. The number of ether oxygens (including phenoxy) is 2. The van der Waals surface area contributed by atoms with Crippen LogP contribution in [0.1, 0.15) is 0 Å². The van der Waals surface area contributed by atoms with E-state index in [1.54, 1.807) is 18.3 Å². The number of rotatable bonds is 3. The molecule has 0 amide bonds. The van der Waals surface area contributed by atoms with E-state index in [9.17, 15) is 4.39 Å². The van der Waals surface area contributed by atoms with Gasteiger partial charge in [0.25, 0.3) is 0 Å². The third-order valence-electron chi connectivity index (χ3n) is 3.09. The van der Waals surface area contributed by atoms with Crippen LogP contribution in [-0.2, 0) is 0 Å². The lowest BCUT2D eigenvalue weighted by Crippen LogP contribution is -1.96. The molecule has 2 aromatic carbocycles. The van der Waals surface area contributed by atoms with Gasteiger partial charge in [-0.15, -0.1) is 0 Å². The van der Waals surface area contributed by atoms with Gasteiger partial charge >= 0.3 is 0 Å². The van der Waals surface area contributed by atoms with Crippen molar-refractivity contribution < 1.29 is 13.9 Å². The van der Waals surface area contributed by atoms with Gasteiger partial charge in [-0.05, 0) is 18.2 Å². The molecule has 0 aliphatic carbocycles. The molecule has 2 N–H and O–H groups in total. The van der Waals surface area contributed by atoms with Crippen LogP contribution in [0.5, 0.6) is 17.2 Å². The molecule has 0 saturated carbocycles. The van der Waals surface area contributed by atoms with Crippen molar-refractivity contribution in [3.8, 4) is 17.2 Å². The second kappa shape index (κ2) is 5.28. The average molecular weight is 284 g/mol. The molecule has 0 saturated heterocycles. The molecule has 0 spiro atoms. The number of hydrogen-bond acceptors (Lipinski definition) is 4. The zero-order valence-electron chi connectivity index (χ0n) is 11.3. The Morgan fingerprint density at radius 2 is 1.95 bits per heavy atom. The van der Waals surface area contributed by atoms with E-state index in [0.717, 1.165) is 10.9 Å². The van der Waals surface area contributed by atoms with Crippen molar-refractivity contribution >= 4 is 16.6 Å². The largest absolute Gasteiger partial charge is 0.494 e. The minimum absolute atomic E-state index is 0.0522. The van der Waals surface area contributed by atoms with E-state index in [1.165, 1.54) is 19.2 Å². The molecule has 0 atom stereocenters. The Bertz CT molecular complexity index is 805. The van der Waals surface area contributed by atoms with E-state index in [0.29, 0.717) is 11.5 Å². The highest BCUT2D eigenvalue weighted by Gasteiger charge is 2.11. The van der Waals surface area contributed by atoms with E-state index in [1.807, 2.05) is 18.2 Å². The number of nitrogens with two attached hydrogens (primary N) is 1. The van der Waals surface area contributed by atoms with Gasteiger partial charge in [-0.3, -0.25) is 4.98 Å². The highest BCUT2D eigenvalue weighted by atomic mass is 19.1. The van der Waals surface area contributed by atoms with Gasteiger partial charge in [0.2, 0.25) is 0 Å². The second-order valence-electron chi connectivity index (χ2n) is 4.48. The monoisotopic (exact) mass is 284 g/mol. The summed E-state index contributed by atoms with van der Waals surface area (Å²) in [5, 5.41) is 0.986. The highest BCUT2D eigenvalue weighted by molar-refractivity contribution is 5.79. The number of nitrogen functional groups attached to an aromatic ring is 1. The minimum atomic E-state index is -0.547. The van der Waals surface area contributed by atoms with Crippen LogP contribution in [0.15, 0.2) is 48.7 Å². The van der Waals surface area contributed by atoms with Gasteiger partial charge in [0, 0.05) is 29.8 Å². The SMILES string of the molecule is COc1cc(Oc2ccc3cccnc3c2)c(F)cc1N. The lowest BCUT2D eigenvalue weighted by Gasteiger charge is -2.11. The first-order chi connectivity index (χ1) is 10.2. The number of pyridine rings is 1. The number of anilines is 1. The van der Waals surface area contributed by atoms with Crippen LogP contribution in [0, 0.1) is 5.82 Å². The molecule has 0 unspecified atom stereocenters. The van der Waals surface area contributed by atoms with Gasteiger partial charge in [-0.1, -0.05) is 6.07 Å². The van der Waals surface area contributed by atoms with Gasteiger partial charge in [-0.2, -0.15) is 0 Å². The van der Waals surface area contributed by atoms with Crippen molar-refractivity contribution in [2.75, 3.05) is 12.8 Å². The number of fused-ring (bicyclic) bond motifs is 1. The van der Waals surface area contributed by atoms with Crippen LogP contribution in [0.4, 0.5) is 10.1 Å².